The predicted octanol–water partition coefficient (Wildman–Crippen LogP) is -0.828. The van der Waals surface area contributed by atoms with Gasteiger partial charge in [0.25, 0.3) is 0 Å². The first kappa shape index (κ1) is 14.1. The summed E-state index contributed by atoms with van der Waals surface area (Å²) in [4.78, 5) is 15.6. The lowest BCUT2D eigenvalue weighted by atomic mass is 10.0. The van der Waals surface area contributed by atoms with Crippen molar-refractivity contribution in [2.45, 2.75) is 24.0 Å². The van der Waals surface area contributed by atoms with Gasteiger partial charge in [0.2, 0.25) is 17.0 Å². The van der Waals surface area contributed by atoms with Crippen molar-refractivity contribution in [3.63, 3.8) is 0 Å². The molecule has 1 fully saturated rings. The fraction of sp³-hybridized carbons (Fsp3) is 0.667. The summed E-state index contributed by atoms with van der Waals surface area (Å²) < 4.78 is 22.8. The summed E-state index contributed by atoms with van der Waals surface area (Å²) in [6.07, 6.45) is 0.444. The van der Waals surface area contributed by atoms with Crippen molar-refractivity contribution in [1.29, 1.82) is 0 Å². The van der Waals surface area contributed by atoms with Crippen molar-refractivity contribution in [2.75, 3.05) is 23.0 Å². The summed E-state index contributed by atoms with van der Waals surface area (Å²) >= 11 is 1.14. The fourth-order valence-electron chi connectivity index (χ4n) is 1.93. The highest BCUT2D eigenvalue weighted by atomic mass is 32.2. The molecule has 2 heterocycles. The van der Waals surface area contributed by atoms with E-state index in [0.717, 1.165) is 11.8 Å². The zero-order valence-corrected chi connectivity index (χ0v) is 12.0. The minimum Gasteiger partial charge on any atom is -0.368 e. The highest BCUT2D eigenvalue weighted by Gasteiger charge is 2.39. The van der Waals surface area contributed by atoms with Crippen molar-refractivity contribution in [2.24, 2.45) is 0 Å². The van der Waals surface area contributed by atoms with Crippen LogP contribution < -0.4 is 11.1 Å². The van der Waals surface area contributed by atoms with Gasteiger partial charge < -0.3 is 11.1 Å². The number of carbonyl (C=O) groups is 1. The second-order valence-electron chi connectivity index (χ2n) is 4.74. The van der Waals surface area contributed by atoms with Crippen LogP contribution in [0.4, 0.5) is 5.95 Å². The summed E-state index contributed by atoms with van der Waals surface area (Å²) in [5.41, 5.74) is 4.69. The highest BCUT2D eigenvalue weighted by molar-refractivity contribution is 7.99. The van der Waals surface area contributed by atoms with Gasteiger partial charge in [0.15, 0.2) is 9.84 Å². The van der Waals surface area contributed by atoms with Crippen LogP contribution >= 0.6 is 11.8 Å². The van der Waals surface area contributed by atoms with Crippen molar-refractivity contribution in [3.05, 3.63) is 0 Å². The van der Waals surface area contributed by atoms with E-state index < -0.39 is 15.4 Å². The Bertz CT molecular complexity index is 584. The van der Waals surface area contributed by atoms with Gasteiger partial charge in [-0.1, -0.05) is 11.8 Å². The van der Waals surface area contributed by atoms with Crippen molar-refractivity contribution in [3.8, 4) is 0 Å². The molecule has 2 rings (SSSR count). The van der Waals surface area contributed by atoms with Crippen LogP contribution in [-0.2, 0) is 14.6 Å². The van der Waals surface area contributed by atoms with E-state index in [4.69, 9.17) is 5.73 Å². The number of aromatic amines is 1. The van der Waals surface area contributed by atoms with Crippen molar-refractivity contribution >= 4 is 33.5 Å². The maximum absolute atomic E-state index is 11.8. The number of nitrogens with one attached hydrogen (secondary N) is 2. The number of hydrogen-bond donors (Lipinski definition) is 3. The number of amides is 1. The second-order valence-corrected chi connectivity index (χ2v) is 7.87. The number of aromatic nitrogens is 3. The molecule has 1 atom stereocenters. The van der Waals surface area contributed by atoms with Gasteiger partial charge in [-0.05, 0) is 13.3 Å². The van der Waals surface area contributed by atoms with Crippen LogP contribution in [0.25, 0.3) is 0 Å². The molecular formula is C9H15N5O3S2. The van der Waals surface area contributed by atoms with E-state index in [1.165, 1.54) is 0 Å². The molecule has 1 aromatic rings. The van der Waals surface area contributed by atoms with E-state index in [9.17, 15) is 13.2 Å². The molecule has 0 saturated carbocycles. The largest absolute Gasteiger partial charge is 0.368 e. The van der Waals surface area contributed by atoms with Gasteiger partial charge in [-0.25, -0.2) is 13.5 Å². The van der Waals surface area contributed by atoms with Gasteiger partial charge in [-0.15, -0.1) is 5.10 Å². The number of nitrogens with zero attached hydrogens (tertiary/aromatic N) is 2. The summed E-state index contributed by atoms with van der Waals surface area (Å²) in [5.74, 6) is 0.176. The minimum absolute atomic E-state index is 0.00991. The molecule has 4 N–H and O–H groups in total. The van der Waals surface area contributed by atoms with Crippen LogP contribution in [0.2, 0.25) is 0 Å². The first-order valence-corrected chi connectivity index (χ1v) is 8.41. The van der Waals surface area contributed by atoms with Gasteiger partial charge >= 0.3 is 0 Å². The van der Waals surface area contributed by atoms with Crippen LogP contribution in [0.1, 0.15) is 13.3 Å². The highest BCUT2D eigenvalue weighted by Crippen LogP contribution is 2.23. The summed E-state index contributed by atoms with van der Waals surface area (Å²) in [6, 6.07) is 0. The molecule has 1 aliphatic heterocycles. The van der Waals surface area contributed by atoms with E-state index in [0.29, 0.717) is 11.6 Å². The lowest BCUT2D eigenvalue weighted by Gasteiger charge is -2.23. The van der Waals surface area contributed by atoms with E-state index in [2.05, 4.69) is 20.5 Å². The maximum atomic E-state index is 11.8. The van der Waals surface area contributed by atoms with Crippen molar-refractivity contribution < 1.29 is 13.2 Å². The Hall–Kier alpha value is -1.29. The summed E-state index contributed by atoms with van der Waals surface area (Å²) in [6.45, 7) is 1.74. The Labute approximate surface area is 114 Å². The Kier molecular flexibility index (Phi) is 3.72. The molecule has 1 aromatic heterocycles. The fourth-order valence-corrected chi connectivity index (χ4v) is 4.63. The number of carbonyl (C=O) groups excluding carboxylic acids is 1. The molecule has 106 valence electrons. The topological polar surface area (TPSA) is 131 Å². The molecule has 0 aromatic carbocycles. The maximum Gasteiger partial charge on any atom is 0.230 e. The van der Waals surface area contributed by atoms with Crippen LogP contribution in [0.15, 0.2) is 5.16 Å². The second kappa shape index (κ2) is 5.00. The summed E-state index contributed by atoms with van der Waals surface area (Å²) in [5, 5.41) is 9.39. The third kappa shape index (κ3) is 3.83. The molecule has 0 spiro atoms. The van der Waals surface area contributed by atoms with Gasteiger partial charge in [0.05, 0.1) is 22.8 Å². The number of thioether (sulfide) groups is 1. The number of nitrogen functional groups attached to an aromatic ring is 1. The molecule has 0 radical (unpaired) electrons. The molecule has 0 aliphatic carbocycles. The number of nitrogens with two attached hydrogens (primary N) is 1. The molecule has 0 bridgehead atoms. The van der Waals surface area contributed by atoms with Crippen LogP contribution in [0, 0.1) is 0 Å². The Balaban J connectivity index is 1.85. The third-order valence-electron chi connectivity index (χ3n) is 2.76. The monoisotopic (exact) mass is 305 g/mol. The number of H-pyrrole nitrogens is 1. The number of anilines is 1. The molecule has 1 saturated heterocycles. The SMILES string of the molecule is CC1(NC(=O)CSc2n[nH]c(N)n2)CCS(=O)(=O)C1. The van der Waals surface area contributed by atoms with Gasteiger partial charge in [0, 0.05) is 0 Å². The van der Waals surface area contributed by atoms with E-state index in [-0.39, 0.29) is 29.1 Å². The zero-order chi connectivity index (χ0) is 14.1. The number of hydrogen-bond acceptors (Lipinski definition) is 7. The van der Waals surface area contributed by atoms with Crippen LogP contribution in [0.3, 0.4) is 0 Å². The molecule has 19 heavy (non-hydrogen) atoms. The van der Waals surface area contributed by atoms with Gasteiger partial charge in [-0.2, -0.15) is 4.98 Å². The lowest BCUT2D eigenvalue weighted by molar-refractivity contribution is -0.120. The first-order chi connectivity index (χ1) is 8.78. The molecule has 10 heteroatoms. The standard InChI is InChI=1S/C9H15N5O3S2/c1-9(2-3-19(16,17)5-9)12-6(15)4-18-8-11-7(10)13-14-8/h2-5H2,1H3,(H,12,15)(H3,10,11,13,14). The zero-order valence-electron chi connectivity index (χ0n) is 10.3. The van der Waals surface area contributed by atoms with E-state index in [1.807, 2.05) is 0 Å². The quantitative estimate of drug-likeness (QED) is 0.619. The van der Waals surface area contributed by atoms with Gasteiger partial charge in [-0.3, -0.25) is 4.79 Å². The smallest absolute Gasteiger partial charge is 0.230 e. The Morgan fingerprint density at radius 3 is 2.89 bits per heavy atom. The molecule has 8 nitrogen and oxygen atoms in total. The number of rotatable bonds is 4. The molecule has 1 amide bonds. The molecule has 1 unspecified atom stereocenters. The number of sulfone groups is 1. The average molecular weight is 305 g/mol. The van der Waals surface area contributed by atoms with Gasteiger partial charge in [0.1, 0.15) is 0 Å². The predicted molar refractivity (Wildman–Crippen MR) is 71.3 cm³/mol. The first-order valence-electron chi connectivity index (χ1n) is 5.60. The third-order valence-corrected chi connectivity index (χ3v) is 5.51. The van der Waals surface area contributed by atoms with Crippen LogP contribution in [-0.4, -0.2) is 52.3 Å². The minimum atomic E-state index is -3.03. The van der Waals surface area contributed by atoms with Crippen molar-refractivity contribution in [1.82, 2.24) is 20.5 Å². The molecule has 1 aliphatic rings. The van der Waals surface area contributed by atoms with Crippen LogP contribution in [0.5, 0.6) is 0 Å². The van der Waals surface area contributed by atoms with E-state index in [1.54, 1.807) is 6.92 Å². The Morgan fingerprint density at radius 1 is 1.63 bits per heavy atom. The molecular weight excluding hydrogens is 290 g/mol. The average Bonchev–Trinajstić information content (AvgIpc) is 2.80. The lowest BCUT2D eigenvalue weighted by Crippen LogP contribution is -2.47. The Morgan fingerprint density at radius 2 is 2.37 bits per heavy atom. The normalized spacial score (nSPS) is 25.3. The van der Waals surface area contributed by atoms with E-state index >= 15 is 0 Å². The summed E-state index contributed by atoms with van der Waals surface area (Å²) in [7, 11) is -3.03.